The van der Waals surface area contributed by atoms with Gasteiger partial charge in [-0.25, -0.2) is 4.57 Å². The van der Waals surface area contributed by atoms with Gasteiger partial charge in [0.2, 0.25) is 0 Å². The second kappa shape index (κ2) is 11.3. The molecule has 1 unspecified atom stereocenters. The van der Waals surface area contributed by atoms with Crippen molar-refractivity contribution in [2.75, 3.05) is 27.3 Å². The summed E-state index contributed by atoms with van der Waals surface area (Å²) in [6.07, 6.45) is 4.19. The predicted molar refractivity (Wildman–Crippen MR) is 124 cm³/mol. The van der Waals surface area contributed by atoms with Crippen LogP contribution in [0.4, 0.5) is 0 Å². The van der Waals surface area contributed by atoms with E-state index in [4.69, 9.17) is 28.7 Å². The Morgan fingerprint density at radius 3 is 2.15 bits per heavy atom. The van der Waals surface area contributed by atoms with Crippen molar-refractivity contribution in [2.45, 2.75) is 32.2 Å². The summed E-state index contributed by atoms with van der Waals surface area (Å²) in [7, 11) is -1.38. The summed E-state index contributed by atoms with van der Waals surface area (Å²) in [4.78, 5) is 37.0. The Balaban J connectivity index is 0.000000555. The fraction of sp³-hybridized carbons (Fsp3) is 0.458. The fourth-order valence-corrected chi connectivity index (χ4v) is 4.71. The van der Waals surface area contributed by atoms with E-state index in [1.54, 1.807) is 14.2 Å². The van der Waals surface area contributed by atoms with Gasteiger partial charge in [0.25, 0.3) is 0 Å². The van der Waals surface area contributed by atoms with Crippen molar-refractivity contribution in [3.05, 3.63) is 59.2 Å². The molecule has 0 amide bonds. The van der Waals surface area contributed by atoms with Crippen molar-refractivity contribution in [2.24, 2.45) is 11.8 Å². The Bertz CT molecular complexity index is 976. The Kier molecular flexibility index (Phi) is 8.68. The zero-order chi connectivity index (χ0) is 24.0. The average Bonchev–Trinajstić information content (AvgIpc) is 3.08. The van der Waals surface area contributed by atoms with Gasteiger partial charge in [-0.05, 0) is 68.0 Å². The molecule has 33 heavy (non-hydrogen) atoms. The average molecular weight is 477 g/mol. The molecule has 1 fully saturated rings. The van der Waals surface area contributed by atoms with E-state index < -0.39 is 7.82 Å². The number of benzene rings is 2. The van der Waals surface area contributed by atoms with Gasteiger partial charge >= 0.3 is 7.82 Å². The number of hydrogen-bond acceptors (Lipinski definition) is 5. The SMILES string of the molecule is COc1cc2c(cc1OC)C(=O)C(CC1CCN(Cc3ccccc3)CC1)C2.O=P(O)(O)O. The Morgan fingerprint density at radius 2 is 1.58 bits per heavy atom. The number of likely N-dealkylation sites (tertiary alicyclic amines) is 1. The molecule has 2 aromatic carbocycles. The van der Waals surface area contributed by atoms with E-state index in [0.29, 0.717) is 17.4 Å². The van der Waals surface area contributed by atoms with Crippen LogP contribution in [0.15, 0.2) is 42.5 Å². The van der Waals surface area contributed by atoms with Crippen molar-refractivity contribution in [3.8, 4) is 11.5 Å². The number of rotatable bonds is 6. The van der Waals surface area contributed by atoms with Gasteiger partial charge in [0.1, 0.15) is 0 Å². The number of carbonyl (C=O) groups is 1. The normalized spacial score (nSPS) is 18.9. The van der Waals surface area contributed by atoms with Crippen molar-refractivity contribution in [3.63, 3.8) is 0 Å². The van der Waals surface area contributed by atoms with Gasteiger partial charge in [0.15, 0.2) is 17.3 Å². The maximum Gasteiger partial charge on any atom is 0.466 e. The molecule has 2 aliphatic rings. The number of nitrogens with zero attached hydrogens (tertiary/aromatic N) is 1. The Hall–Kier alpha value is -2.22. The van der Waals surface area contributed by atoms with E-state index in [1.807, 2.05) is 12.1 Å². The first kappa shape index (κ1) is 25.4. The summed E-state index contributed by atoms with van der Waals surface area (Å²) in [6.45, 7) is 3.27. The second-order valence-corrected chi connectivity index (χ2v) is 9.61. The Morgan fingerprint density at radius 1 is 1.00 bits per heavy atom. The van der Waals surface area contributed by atoms with Crippen LogP contribution in [-0.2, 0) is 17.5 Å². The fourth-order valence-electron chi connectivity index (χ4n) is 4.71. The maximum atomic E-state index is 12.9. The number of ketones is 1. The van der Waals surface area contributed by atoms with Crippen LogP contribution in [0.5, 0.6) is 11.5 Å². The quantitative estimate of drug-likeness (QED) is 0.542. The number of phosphoric acid groups is 1. The van der Waals surface area contributed by atoms with Gasteiger partial charge in [0, 0.05) is 18.0 Å². The molecule has 3 N–H and O–H groups in total. The number of carbonyl (C=O) groups excluding carboxylic acids is 1. The van der Waals surface area contributed by atoms with Gasteiger partial charge in [-0.15, -0.1) is 0 Å². The smallest absolute Gasteiger partial charge is 0.466 e. The zero-order valence-electron chi connectivity index (χ0n) is 19.0. The summed E-state index contributed by atoms with van der Waals surface area (Å²) in [6, 6.07) is 14.5. The third-order valence-corrected chi connectivity index (χ3v) is 6.29. The van der Waals surface area contributed by atoms with Gasteiger partial charge in [-0.1, -0.05) is 30.3 Å². The van der Waals surface area contributed by atoms with Crippen molar-refractivity contribution >= 4 is 13.6 Å². The standard InChI is InChI=1S/C24H29NO3.H3O4P/c1-27-22-14-19-13-20(24(26)21(19)15-23(22)28-2)12-17-8-10-25(11-9-17)16-18-6-4-3-5-7-18;1-5(2,3)4/h3-7,14-15,17,20H,8-13,16H2,1-2H3;(H3,1,2,3,4). The lowest BCUT2D eigenvalue weighted by Crippen LogP contribution is -2.34. The number of piperidine rings is 1. The van der Waals surface area contributed by atoms with Crippen LogP contribution in [0.2, 0.25) is 0 Å². The molecule has 1 aliphatic heterocycles. The van der Waals surface area contributed by atoms with Crippen LogP contribution >= 0.6 is 7.82 Å². The molecule has 0 aromatic heterocycles. The van der Waals surface area contributed by atoms with Crippen LogP contribution < -0.4 is 9.47 Å². The van der Waals surface area contributed by atoms with Gasteiger partial charge in [-0.2, -0.15) is 0 Å². The molecule has 1 heterocycles. The van der Waals surface area contributed by atoms with Crippen LogP contribution in [0.3, 0.4) is 0 Å². The minimum Gasteiger partial charge on any atom is -0.493 e. The van der Waals surface area contributed by atoms with Crippen LogP contribution in [0.1, 0.15) is 40.7 Å². The molecule has 9 heteroatoms. The van der Waals surface area contributed by atoms with Gasteiger partial charge in [0.05, 0.1) is 14.2 Å². The molecule has 0 spiro atoms. The summed E-state index contributed by atoms with van der Waals surface area (Å²) < 4.78 is 19.7. The molecule has 0 saturated carbocycles. The van der Waals surface area contributed by atoms with Crippen LogP contribution in [0, 0.1) is 11.8 Å². The van der Waals surface area contributed by atoms with E-state index in [2.05, 4.69) is 35.2 Å². The number of ether oxygens (including phenoxy) is 2. The third kappa shape index (κ3) is 7.39. The van der Waals surface area contributed by atoms with Crippen molar-refractivity contribution in [1.29, 1.82) is 0 Å². The minimum atomic E-state index is -4.64. The van der Waals surface area contributed by atoms with E-state index in [0.717, 1.165) is 43.6 Å². The molecule has 0 bridgehead atoms. The highest BCUT2D eigenvalue weighted by Gasteiger charge is 2.34. The second-order valence-electron chi connectivity index (χ2n) is 8.58. The molecular weight excluding hydrogens is 445 g/mol. The summed E-state index contributed by atoms with van der Waals surface area (Å²) in [5, 5.41) is 0. The monoisotopic (exact) mass is 477 g/mol. The third-order valence-electron chi connectivity index (χ3n) is 6.29. The minimum absolute atomic E-state index is 0.109. The highest BCUT2D eigenvalue weighted by atomic mass is 31.2. The lowest BCUT2D eigenvalue weighted by molar-refractivity contribution is 0.0895. The molecule has 8 nitrogen and oxygen atoms in total. The number of fused-ring (bicyclic) bond motifs is 1. The predicted octanol–water partition coefficient (Wildman–Crippen LogP) is 3.43. The van der Waals surface area contributed by atoms with Crippen molar-refractivity contribution in [1.82, 2.24) is 4.90 Å². The number of Topliss-reactive ketones (excluding diaryl/α,β-unsaturated/α-hetero) is 1. The molecule has 1 saturated heterocycles. The number of hydrogen-bond donors (Lipinski definition) is 3. The molecule has 2 aromatic rings. The summed E-state index contributed by atoms with van der Waals surface area (Å²) in [5.41, 5.74) is 3.31. The van der Waals surface area contributed by atoms with Crippen molar-refractivity contribution < 1.29 is 33.5 Å². The molecule has 4 rings (SSSR count). The molecule has 180 valence electrons. The van der Waals surface area contributed by atoms with Gasteiger partial charge in [-0.3, -0.25) is 9.69 Å². The largest absolute Gasteiger partial charge is 0.493 e. The van der Waals surface area contributed by atoms with Gasteiger partial charge < -0.3 is 24.2 Å². The molecule has 0 radical (unpaired) electrons. The summed E-state index contributed by atoms with van der Waals surface area (Å²) >= 11 is 0. The lowest BCUT2D eigenvalue weighted by atomic mass is 9.85. The van der Waals surface area contributed by atoms with E-state index >= 15 is 0 Å². The Labute approximate surface area is 194 Å². The lowest BCUT2D eigenvalue weighted by Gasteiger charge is -2.32. The van der Waals surface area contributed by atoms with Crippen LogP contribution in [0.25, 0.3) is 0 Å². The van der Waals surface area contributed by atoms with E-state index in [9.17, 15) is 4.79 Å². The summed E-state index contributed by atoms with van der Waals surface area (Å²) in [5.74, 6) is 2.38. The molecule has 1 aliphatic carbocycles. The highest BCUT2D eigenvalue weighted by Crippen LogP contribution is 2.39. The molecular formula is C24H32NO7P. The topological polar surface area (TPSA) is 117 Å². The first-order valence-corrected chi connectivity index (χ1v) is 12.6. The number of methoxy groups -OCH3 is 2. The first-order valence-electron chi connectivity index (χ1n) is 11.0. The molecule has 1 atom stereocenters. The van der Waals surface area contributed by atoms with E-state index in [-0.39, 0.29) is 11.7 Å². The zero-order valence-corrected chi connectivity index (χ0v) is 19.9. The first-order chi connectivity index (χ1) is 15.7. The maximum absolute atomic E-state index is 12.9. The van der Waals surface area contributed by atoms with E-state index in [1.165, 1.54) is 18.4 Å². The highest BCUT2D eigenvalue weighted by molar-refractivity contribution is 7.45. The van der Waals surface area contributed by atoms with Crippen LogP contribution in [-0.4, -0.2) is 52.7 Å².